The summed E-state index contributed by atoms with van der Waals surface area (Å²) in [6.07, 6.45) is 9.76. The van der Waals surface area contributed by atoms with Crippen LogP contribution < -0.4 is 5.32 Å². The number of hydrogen-bond donors (Lipinski definition) is 1. The number of hydrogen-bond acceptors (Lipinski definition) is 4. The molecule has 132 valence electrons. The van der Waals surface area contributed by atoms with Crippen LogP contribution in [0.15, 0.2) is 48.2 Å². The molecule has 0 saturated carbocycles. The van der Waals surface area contributed by atoms with Gasteiger partial charge >= 0.3 is 6.09 Å². The molecule has 1 fully saturated rings. The van der Waals surface area contributed by atoms with E-state index in [9.17, 15) is 9.59 Å². The number of ether oxygens (including phenoxy) is 1. The first-order valence-electron chi connectivity index (χ1n) is 8.66. The van der Waals surface area contributed by atoms with E-state index in [2.05, 4.69) is 29.4 Å². The molecule has 1 saturated heterocycles. The SMILES string of the molecule is CC1C=CC(COC(=O)N2CCC[C@H]2C(=O)Nc2ccccn2)=CC1. The van der Waals surface area contributed by atoms with E-state index < -0.39 is 12.1 Å². The van der Waals surface area contributed by atoms with E-state index in [1.165, 1.54) is 4.90 Å². The molecule has 2 aliphatic rings. The maximum Gasteiger partial charge on any atom is 0.410 e. The van der Waals surface area contributed by atoms with Gasteiger partial charge in [-0.05, 0) is 42.9 Å². The fraction of sp³-hybridized carbons (Fsp3) is 0.421. The van der Waals surface area contributed by atoms with Crippen molar-refractivity contribution in [1.29, 1.82) is 0 Å². The molecule has 0 spiro atoms. The highest BCUT2D eigenvalue weighted by molar-refractivity contribution is 5.96. The topological polar surface area (TPSA) is 71.5 Å². The molecule has 3 rings (SSSR count). The first-order valence-corrected chi connectivity index (χ1v) is 8.66. The lowest BCUT2D eigenvalue weighted by molar-refractivity contribution is -0.120. The number of pyridine rings is 1. The summed E-state index contributed by atoms with van der Waals surface area (Å²) in [5, 5.41) is 2.76. The van der Waals surface area contributed by atoms with E-state index in [4.69, 9.17) is 4.74 Å². The Morgan fingerprint density at radius 2 is 2.28 bits per heavy atom. The fourth-order valence-electron chi connectivity index (χ4n) is 3.01. The number of carbonyl (C=O) groups is 2. The van der Waals surface area contributed by atoms with Gasteiger partial charge in [0.2, 0.25) is 5.91 Å². The number of rotatable bonds is 4. The third kappa shape index (κ3) is 4.47. The number of anilines is 1. The standard InChI is InChI=1S/C19H23N3O3/c1-14-7-9-15(10-8-14)13-25-19(24)22-12-4-5-16(22)18(23)21-17-6-2-3-11-20-17/h2-3,6-7,9-11,14,16H,4-5,8,12-13H2,1H3,(H,20,21,23)/t14?,16-/m0/s1. The number of aromatic nitrogens is 1. The van der Waals surface area contributed by atoms with Crippen molar-refractivity contribution in [3.05, 3.63) is 48.2 Å². The molecule has 2 heterocycles. The fourth-order valence-corrected chi connectivity index (χ4v) is 3.01. The van der Waals surface area contributed by atoms with Crippen molar-refractivity contribution in [3.63, 3.8) is 0 Å². The molecule has 1 aromatic rings. The van der Waals surface area contributed by atoms with E-state index in [0.29, 0.717) is 24.7 Å². The van der Waals surface area contributed by atoms with Crippen molar-refractivity contribution in [2.75, 3.05) is 18.5 Å². The zero-order chi connectivity index (χ0) is 17.6. The Labute approximate surface area is 147 Å². The van der Waals surface area contributed by atoms with Crippen LogP contribution in [-0.4, -0.2) is 41.1 Å². The van der Waals surface area contributed by atoms with Gasteiger partial charge in [-0.1, -0.05) is 31.2 Å². The van der Waals surface area contributed by atoms with E-state index in [-0.39, 0.29) is 12.5 Å². The molecule has 2 atom stereocenters. The maximum atomic E-state index is 12.4. The molecular weight excluding hydrogens is 318 g/mol. The Morgan fingerprint density at radius 3 is 3.00 bits per heavy atom. The quantitative estimate of drug-likeness (QED) is 0.913. The van der Waals surface area contributed by atoms with Crippen LogP contribution in [0.25, 0.3) is 0 Å². The van der Waals surface area contributed by atoms with Crippen molar-refractivity contribution >= 4 is 17.8 Å². The van der Waals surface area contributed by atoms with Gasteiger partial charge in [0.15, 0.2) is 0 Å². The first-order chi connectivity index (χ1) is 12.1. The van der Waals surface area contributed by atoms with Gasteiger partial charge in [-0.3, -0.25) is 9.69 Å². The normalized spacial score (nSPS) is 22.4. The van der Waals surface area contributed by atoms with Crippen LogP contribution in [0.3, 0.4) is 0 Å². The summed E-state index contributed by atoms with van der Waals surface area (Å²) in [7, 11) is 0. The average molecular weight is 341 g/mol. The summed E-state index contributed by atoms with van der Waals surface area (Å²) >= 11 is 0. The van der Waals surface area contributed by atoms with Crippen molar-refractivity contribution in [1.82, 2.24) is 9.88 Å². The van der Waals surface area contributed by atoms with Gasteiger partial charge in [0, 0.05) is 12.7 Å². The summed E-state index contributed by atoms with van der Waals surface area (Å²) in [5.41, 5.74) is 1.00. The third-order valence-electron chi connectivity index (χ3n) is 4.46. The summed E-state index contributed by atoms with van der Waals surface area (Å²) < 4.78 is 5.40. The van der Waals surface area contributed by atoms with Crippen molar-refractivity contribution in [2.24, 2.45) is 5.92 Å². The molecule has 0 radical (unpaired) electrons. The minimum Gasteiger partial charge on any atom is -0.445 e. The predicted molar refractivity (Wildman–Crippen MR) is 94.9 cm³/mol. The van der Waals surface area contributed by atoms with Crippen LogP contribution in [0.4, 0.5) is 10.6 Å². The van der Waals surface area contributed by atoms with Crippen LogP contribution in [-0.2, 0) is 9.53 Å². The van der Waals surface area contributed by atoms with Crippen LogP contribution in [0.1, 0.15) is 26.2 Å². The van der Waals surface area contributed by atoms with Crippen LogP contribution in [0.5, 0.6) is 0 Å². The largest absolute Gasteiger partial charge is 0.445 e. The number of nitrogens with zero attached hydrogens (tertiary/aromatic N) is 2. The average Bonchev–Trinajstić information content (AvgIpc) is 3.12. The van der Waals surface area contributed by atoms with Crippen LogP contribution in [0, 0.1) is 5.92 Å². The molecule has 1 N–H and O–H groups in total. The lowest BCUT2D eigenvalue weighted by Crippen LogP contribution is -2.43. The first kappa shape index (κ1) is 17.2. The van der Waals surface area contributed by atoms with Crippen molar-refractivity contribution in [2.45, 2.75) is 32.2 Å². The molecule has 0 aromatic carbocycles. The molecule has 25 heavy (non-hydrogen) atoms. The Morgan fingerprint density at radius 1 is 1.40 bits per heavy atom. The Kier molecular flexibility index (Phi) is 5.48. The molecule has 2 amide bonds. The molecule has 1 unspecified atom stereocenters. The van der Waals surface area contributed by atoms with E-state index in [1.54, 1.807) is 24.4 Å². The molecular formula is C19H23N3O3. The monoisotopic (exact) mass is 341 g/mol. The highest BCUT2D eigenvalue weighted by atomic mass is 16.6. The number of nitrogens with one attached hydrogen (secondary N) is 1. The zero-order valence-corrected chi connectivity index (χ0v) is 14.4. The molecule has 6 nitrogen and oxygen atoms in total. The smallest absolute Gasteiger partial charge is 0.410 e. The molecule has 1 aromatic heterocycles. The van der Waals surface area contributed by atoms with Gasteiger partial charge in [0.05, 0.1) is 0 Å². The van der Waals surface area contributed by atoms with Gasteiger partial charge < -0.3 is 10.1 Å². The van der Waals surface area contributed by atoms with Crippen LogP contribution >= 0.6 is 0 Å². The van der Waals surface area contributed by atoms with E-state index in [1.807, 2.05) is 6.08 Å². The lowest BCUT2D eigenvalue weighted by atomic mass is 9.99. The Hall–Kier alpha value is -2.63. The van der Waals surface area contributed by atoms with E-state index in [0.717, 1.165) is 18.4 Å². The van der Waals surface area contributed by atoms with Gasteiger partial charge in [-0.15, -0.1) is 0 Å². The number of amides is 2. The third-order valence-corrected chi connectivity index (χ3v) is 4.46. The number of carbonyl (C=O) groups excluding carboxylic acids is 2. The summed E-state index contributed by atoms with van der Waals surface area (Å²) in [5.74, 6) is 0.788. The van der Waals surface area contributed by atoms with E-state index >= 15 is 0 Å². The minimum absolute atomic E-state index is 0.223. The Bertz CT molecular complexity index is 684. The van der Waals surface area contributed by atoms with Gasteiger partial charge in [0.25, 0.3) is 0 Å². The second-order valence-corrected chi connectivity index (χ2v) is 6.46. The summed E-state index contributed by atoms with van der Waals surface area (Å²) in [6, 6.07) is 4.79. The highest BCUT2D eigenvalue weighted by Gasteiger charge is 2.35. The van der Waals surface area contributed by atoms with Gasteiger partial charge in [-0.25, -0.2) is 9.78 Å². The van der Waals surface area contributed by atoms with Gasteiger partial charge in [0.1, 0.15) is 18.5 Å². The predicted octanol–water partition coefficient (Wildman–Crippen LogP) is 3.14. The zero-order valence-electron chi connectivity index (χ0n) is 14.4. The maximum absolute atomic E-state index is 12.4. The van der Waals surface area contributed by atoms with Gasteiger partial charge in [-0.2, -0.15) is 0 Å². The summed E-state index contributed by atoms with van der Waals surface area (Å²) in [6.45, 7) is 2.92. The molecule has 6 heteroatoms. The molecule has 1 aliphatic carbocycles. The second-order valence-electron chi connectivity index (χ2n) is 6.46. The second kappa shape index (κ2) is 7.96. The van der Waals surface area contributed by atoms with Crippen molar-refractivity contribution < 1.29 is 14.3 Å². The summed E-state index contributed by atoms with van der Waals surface area (Å²) in [4.78, 5) is 30.4. The van der Waals surface area contributed by atoms with Crippen molar-refractivity contribution in [3.8, 4) is 0 Å². The lowest BCUT2D eigenvalue weighted by Gasteiger charge is -2.23. The minimum atomic E-state index is -0.509. The Balaban J connectivity index is 1.54. The highest BCUT2D eigenvalue weighted by Crippen LogP contribution is 2.21. The number of likely N-dealkylation sites (tertiary alicyclic amines) is 1. The molecule has 0 bridgehead atoms. The van der Waals surface area contributed by atoms with Crippen LogP contribution in [0.2, 0.25) is 0 Å². The number of allylic oxidation sites excluding steroid dienone is 2. The molecule has 1 aliphatic heterocycles.